The van der Waals surface area contributed by atoms with Crippen molar-refractivity contribution >= 4 is 0 Å². The predicted octanol–water partition coefficient (Wildman–Crippen LogP) is 12.6. The van der Waals surface area contributed by atoms with Crippen LogP contribution in [0.2, 0.25) is 0 Å². The Morgan fingerprint density at radius 2 is 0.618 bits per heavy atom. The standard InChI is InChI=1S/C20H36.C9H18.2C2H6.CH4/c1-16-7-5-11-17(12-6-8-16)19-9-3-2-4-10-20(15-19)18-13-14-18;1-9-7-5-3-2-4-6-8-9;2*1-2;/h16-20H,2-15H2,1H3;9H,2-8H2,1H3;2*1-2H3;1H4. The number of rotatable bonds is 2. The van der Waals surface area contributed by atoms with Gasteiger partial charge in [-0.3, -0.25) is 0 Å². The highest BCUT2D eigenvalue weighted by Gasteiger charge is 2.35. The van der Waals surface area contributed by atoms with Crippen LogP contribution in [0.3, 0.4) is 0 Å². The SMILES string of the molecule is C.CC.CC.CC1CCCC(C2CCCCCC(C3CC3)C2)CCC1.CC1CCCCCCC1. The largest absolute Gasteiger partial charge is 0.0776 e. The maximum Gasteiger partial charge on any atom is -0.0383 e. The molecule has 0 aromatic heterocycles. The van der Waals surface area contributed by atoms with E-state index in [4.69, 9.17) is 0 Å². The van der Waals surface area contributed by atoms with Gasteiger partial charge in [0.2, 0.25) is 0 Å². The Morgan fingerprint density at radius 1 is 0.324 bits per heavy atom. The fourth-order valence-corrected chi connectivity index (χ4v) is 6.92. The summed E-state index contributed by atoms with van der Waals surface area (Å²) in [4.78, 5) is 0. The first-order valence-corrected chi connectivity index (χ1v) is 16.2. The molecule has 4 rings (SSSR count). The Balaban J connectivity index is 0.000000658. The molecular weight excluding hydrogens is 408 g/mol. The molecule has 0 heteroatoms. The average molecular weight is 479 g/mol. The van der Waals surface area contributed by atoms with Crippen LogP contribution in [0, 0.1) is 35.5 Å². The van der Waals surface area contributed by atoms with E-state index >= 15 is 0 Å². The van der Waals surface area contributed by atoms with E-state index in [9.17, 15) is 0 Å². The van der Waals surface area contributed by atoms with E-state index in [1.807, 2.05) is 27.7 Å². The second-order valence-corrected chi connectivity index (χ2v) is 11.9. The Morgan fingerprint density at radius 3 is 1.06 bits per heavy atom. The van der Waals surface area contributed by atoms with Crippen molar-refractivity contribution in [3.05, 3.63) is 0 Å². The molecule has 0 bridgehead atoms. The van der Waals surface area contributed by atoms with Crippen molar-refractivity contribution in [1.29, 1.82) is 0 Å². The van der Waals surface area contributed by atoms with Crippen molar-refractivity contribution in [2.75, 3.05) is 0 Å². The molecule has 4 aliphatic rings. The molecule has 0 nitrogen and oxygen atoms in total. The molecule has 0 N–H and O–H groups in total. The molecule has 0 aliphatic heterocycles. The first-order valence-electron chi connectivity index (χ1n) is 16.2. The second-order valence-electron chi connectivity index (χ2n) is 11.9. The molecule has 0 aromatic rings. The summed E-state index contributed by atoms with van der Waals surface area (Å²) >= 11 is 0. The Hall–Kier alpha value is 0. The maximum atomic E-state index is 2.47. The van der Waals surface area contributed by atoms with Crippen molar-refractivity contribution in [1.82, 2.24) is 0 Å². The highest BCUT2D eigenvalue weighted by Crippen LogP contribution is 2.46. The van der Waals surface area contributed by atoms with Gasteiger partial charge in [-0.2, -0.15) is 0 Å². The maximum absolute atomic E-state index is 2.47. The van der Waals surface area contributed by atoms with Gasteiger partial charge in [-0.15, -0.1) is 0 Å². The lowest BCUT2D eigenvalue weighted by molar-refractivity contribution is 0.173. The van der Waals surface area contributed by atoms with Crippen LogP contribution in [0.25, 0.3) is 0 Å². The van der Waals surface area contributed by atoms with Gasteiger partial charge < -0.3 is 0 Å². The fourth-order valence-electron chi connectivity index (χ4n) is 6.92. The topological polar surface area (TPSA) is 0 Å². The van der Waals surface area contributed by atoms with Crippen molar-refractivity contribution in [3.8, 4) is 0 Å². The third kappa shape index (κ3) is 15.2. The van der Waals surface area contributed by atoms with E-state index in [1.54, 1.807) is 44.9 Å². The van der Waals surface area contributed by atoms with Crippen molar-refractivity contribution in [2.24, 2.45) is 35.5 Å². The van der Waals surface area contributed by atoms with Gasteiger partial charge in [0.25, 0.3) is 0 Å². The second kappa shape index (κ2) is 22.2. The van der Waals surface area contributed by atoms with Crippen LogP contribution in [-0.4, -0.2) is 0 Å². The first kappa shape index (κ1) is 34.0. The van der Waals surface area contributed by atoms with Crippen molar-refractivity contribution in [2.45, 2.75) is 184 Å². The molecule has 0 aromatic carbocycles. The molecule has 34 heavy (non-hydrogen) atoms. The molecule has 4 aliphatic carbocycles. The number of hydrogen-bond donors (Lipinski definition) is 0. The van der Waals surface area contributed by atoms with Crippen LogP contribution < -0.4 is 0 Å². The zero-order valence-corrected chi connectivity index (χ0v) is 24.3. The Kier molecular flexibility index (Phi) is 22.2. The lowest BCUT2D eigenvalue weighted by Gasteiger charge is -2.34. The highest BCUT2D eigenvalue weighted by molar-refractivity contribution is 4.86. The van der Waals surface area contributed by atoms with Crippen LogP contribution in [0.1, 0.15) is 184 Å². The van der Waals surface area contributed by atoms with Gasteiger partial charge in [-0.05, 0) is 54.8 Å². The van der Waals surface area contributed by atoms with E-state index in [0.29, 0.717) is 0 Å². The van der Waals surface area contributed by atoms with E-state index in [2.05, 4.69) is 13.8 Å². The monoisotopic (exact) mass is 479 g/mol. The van der Waals surface area contributed by atoms with Gasteiger partial charge in [0.1, 0.15) is 0 Å². The highest BCUT2D eigenvalue weighted by atomic mass is 14.4. The average Bonchev–Trinajstić information content (AvgIpc) is 3.63. The summed E-state index contributed by atoms with van der Waals surface area (Å²) in [5.41, 5.74) is 0. The smallest absolute Gasteiger partial charge is 0.0383 e. The Bertz CT molecular complexity index is 390. The summed E-state index contributed by atoms with van der Waals surface area (Å²) in [6.45, 7) is 12.9. The third-order valence-corrected chi connectivity index (χ3v) is 9.15. The fraction of sp³-hybridized carbons (Fsp3) is 1.00. The van der Waals surface area contributed by atoms with E-state index in [1.165, 1.54) is 89.9 Å². The zero-order valence-electron chi connectivity index (χ0n) is 24.3. The number of hydrogen-bond acceptors (Lipinski definition) is 0. The van der Waals surface area contributed by atoms with Gasteiger partial charge in [0.15, 0.2) is 0 Å². The summed E-state index contributed by atoms with van der Waals surface area (Å²) in [6.07, 6.45) is 32.1. The van der Waals surface area contributed by atoms with E-state index < -0.39 is 0 Å². The van der Waals surface area contributed by atoms with Crippen LogP contribution in [0.5, 0.6) is 0 Å². The van der Waals surface area contributed by atoms with Gasteiger partial charge in [-0.25, -0.2) is 0 Å². The summed E-state index contributed by atoms with van der Waals surface area (Å²) in [5, 5.41) is 0. The van der Waals surface area contributed by atoms with Crippen molar-refractivity contribution in [3.63, 3.8) is 0 Å². The minimum absolute atomic E-state index is 0. The lowest BCUT2D eigenvalue weighted by atomic mass is 9.72. The van der Waals surface area contributed by atoms with Gasteiger partial charge in [0.05, 0.1) is 0 Å². The lowest BCUT2D eigenvalue weighted by Crippen LogP contribution is -2.22. The molecule has 206 valence electrons. The van der Waals surface area contributed by atoms with Gasteiger partial charge in [0, 0.05) is 0 Å². The van der Waals surface area contributed by atoms with Crippen LogP contribution in [-0.2, 0) is 0 Å². The normalized spacial score (nSPS) is 31.2. The minimum atomic E-state index is 0. The molecule has 0 amide bonds. The summed E-state index contributed by atoms with van der Waals surface area (Å²) in [7, 11) is 0. The van der Waals surface area contributed by atoms with Crippen LogP contribution in [0.4, 0.5) is 0 Å². The summed E-state index contributed by atoms with van der Waals surface area (Å²) in [6, 6.07) is 0. The quantitative estimate of drug-likeness (QED) is 0.370. The van der Waals surface area contributed by atoms with Crippen LogP contribution >= 0.6 is 0 Å². The molecule has 0 saturated heterocycles. The molecular formula is C34H70. The van der Waals surface area contributed by atoms with Crippen molar-refractivity contribution < 1.29 is 0 Å². The summed E-state index contributed by atoms with van der Waals surface area (Å²) in [5.74, 6) is 6.52. The zero-order chi connectivity index (χ0) is 24.3. The van der Waals surface area contributed by atoms with Gasteiger partial charge in [-0.1, -0.05) is 165 Å². The molecule has 2 unspecified atom stereocenters. The molecule has 0 spiro atoms. The predicted molar refractivity (Wildman–Crippen MR) is 159 cm³/mol. The van der Waals surface area contributed by atoms with Crippen LogP contribution in [0.15, 0.2) is 0 Å². The first-order chi connectivity index (χ1) is 16.2. The third-order valence-electron chi connectivity index (χ3n) is 9.15. The molecule has 0 heterocycles. The molecule has 2 atom stereocenters. The van der Waals surface area contributed by atoms with E-state index in [-0.39, 0.29) is 7.43 Å². The molecule has 4 saturated carbocycles. The summed E-state index contributed by atoms with van der Waals surface area (Å²) < 4.78 is 0. The minimum Gasteiger partial charge on any atom is -0.0776 e. The Labute approximate surface area is 219 Å². The molecule has 0 radical (unpaired) electrons. The van der Waals surface area contributed by atoms with E-state index in [0.717, 1.165) is 35.5 Å². The molecule has 4 fully saturated rings. The van der Waals surface area contributed by atoms with Gasteiger partial charge >= 0.3 is 0 Å².